The molecule has 0 amide bonds. The first kappa shape index (κ1) is 24.8. The van der Waals surface area contributed by atoms with Crippen LogP contribution in [-0.4, -0.2) is 56.6 Å². The number of aryl methyl sites for hydroxylation is 1. The lowest BCUT2D eigenvalue weighted by Gasteiger charge is -2.22. The monoisotopic (exact) mass is 500 g/mol. The van der Waals surface area contributed by atoms with Crippen LogP contribution in [0.1, 0.15) is 25.0 Å². The molecule has 1 atom stereocenters. The van der Waals surface area contributed by atoms with Gasteiger partial charge in [0.1, 0.15) is 17.3 Å². The SMILES string of the molecule is COc1nc(C)cnc1NS(=O)(=O)c1cccnc1-c1ccc(OCCOC2CCCCO2)cc1. The zero-order valence-electron chi connectivity index (χ0n) is 19.6. The number of nitrogens with zero attached hydrogens (tertiary/aromatic N) is 3. The van der Waals surface area contributed by atoms with Crippen LogP contribution in [0.3, 0.4) is 0 Å². The van der Waals surface area contributed by atoms with Crippen molar-refractivity contribution in [1.82, 2.24) is 15.0 Å². The van der Waals surface area contributed by atoms with Crippen LogP contribution in [0.2, 0.25) is 0 Å². The maximum absolute atomic E-state index is 13.2. The van der Waals surface area contributed by atoms with E-state index >= 15 is 0 Å². The van der Waals surface area contributed by atoms with Crippen molar-refractivity contribution in [3.63, 3.8) is 0 Å². The number of rotatable bonds is 10. The smallest absolute Gasteiger partial charge is 0.265 e. The molecule has 1 aromatic carbocycles. The number of sulfonamides is 1. The number of hydrogen-bond donors (Lipinski definition) is 1. The second-order valence-corrected chi connectivity index (χ2v) is 9.52. The van der Waals surface area contributed by atoms with Crippen LogP contribution in [0.15, 0.2) is 53.7 Å². The van der Waals surface area contributed by atoms with Crippen LogP contribution in [0.25, 0.3) is 11.3 Å². The highest BCUT2D eigenvalue weighted by molar-refractivity contribution is 7.92. The van der Waals surface area contributed by atoms with E-state index in [0.717, 1.165) is 25.9 Å². The van der Waals surface area contributed by atoms with Crippen LogP contribution in [-0.2, 0) is 19.5 Å². The number of methoxy groups -OCH3 is 1. The van der Waals surface area contributed by atoms with Crippen LogP contribution in [0.4, 0.5) is 5.82 Å². The van der Waals surface area contributed by atoms with E-state index in [9.17, 15) is 8.42 Å². The summed E-state index contributed by atoms with van der Waals surface area (Å²) in [6, 6.07) is 10.1. The molecular formula is C24H28N4O6S. The molecule has 0 saturated carbocycles. The molecule has 35 heavy (non-hydrogen) atoms. The molecule has 1 fully saturated rings. The molecule has 0 bridgehead atoms. The maximum Gasteiger partial charge on any atom is 0.265 e. The first-order chi connectivity index (χ1) is 17.0. The second kappa shape index (κ2) is 11.4. The summed E-state index contributed by atoms with van der Waals surface area (Å²) in [6.07, 6.45) is 5.93. The number of ether oxygens (including phenoxy) is 4. The van der Waals surface area contributed by atoms with Gasteiger partial charge < -0.3 is 18.9 Å². The Kier molecular flexibility index (Phi) is 8.11. The van der Waals surface area contributed by atoms with Crippen molar-refractivity contribution in [3.05, 3.63) is 54.5 Å². The molecule has 4 rings (SSSR count). The quantitative estimate of drug-likeness (QED) is 0.416. The van der Waals surface area contributed by atoms with Gasteiger partial charge in [0.15, 0.2) is 6.29 Å². The summed E-state index contributed by atoms with van der Waals surface area (Å²) in [5, 5.41) is 0. The molecule has 1 saturated heterocycles. The van der Waals surface area contributed by atoms with Crippen LogP contribution in [0.5, 0.6) is 11.6 Å². The molecule has 186 valence electrons. The molecule has 1 unspecified atom stereocenters. The van der Waals surface area contributed by atoms with E-state index in [0.29, 0.717) is 35.9 Å². The zero-order valence-corrected chi connectivity index (χ0v) is 20.5. The Morgan fingerprint density at radius 3 is 2.69 bits per heavy atom. The standard InChI is InChI=1S/C24H28N4O6S/c1-17-16-26-23(24(27-17)31-2)28-35(29,30)20-6-5-12-25-22(20)18-8-10-19(11-9-18)32-14-15-34-21-7-3-4-13-33-21/h5-6,8-12,16,21H,3-4,7,13-15H2,1-2H3,(H,26,28). The van der Waals surface area contributed by atoms with Gasteiger partial charge in [-0.15, -0.1) is 0 Å². The molecule has 10 nitrogen and oxygen atoms in total. The van der Waals surface area contributed by atoms with E-state index in [4.69, 9.17) is 18.9 Å². The topological polar surface area (TPSA) is 122 Å². The first-order valence-electron chi connectivity index (χ1n) is 11.3. The summed E-state index contributed by atoms with van der Waals surface area (Å²) in [4.78, 5) is 12.6. The van der Waals surface area contributed by atoms with Gasteiger partial charge in [-0.25, -0.2) is 18.4 Å². The van der Waals surface area contributed by atoms with E-state index in [1.54, 1.807) is 37.3 Å². The summed E-state index contributed by atoms with van der Waals surface area (Å²) in [6.45, 7) is 3.27. The third-order valence-corrected chi connectivity index (χ3v) is 6.64. The number of pyridine rings is 1. The minimum atomic E-state index is -4.03. The summed E-state index contributed by atoms with van der Waals surface area (Å²) >= 11 is 0. The second-order valence-electron chi connectivity index (χ2n) is 7.86. The molecular weight excluding hydrogens is 472 g/mol. The fraction of sp³-hybridized carbons (Fsp3) is 0.375. The van der Waals surface area contributed by atoms with Gasteiger partial charge >= 0.3 is 0 Å². The van der Waals surface area contributed by atoms with Crippen LogP contribution < -0.4 is 14.2 Å². The lowest BCUT2D eigenvalue weighted by atomic mass is 10.1. The van der Waals surface area contributed by atoms with E-state index < -0.39 is 10.0 Å². The van der Waals surface area contributed by atoms with E-state index in [2.05, 4.69) is 19.7 Å². The van der Waals surface area contributed by atoms with Crippen LogP contribution >= 0.6 is 0 Å². The molecule has 11 heteroatoms. The van der Waals surface area contributed by atoms with Gasteiger partial charge in [-0.1, -0.05) is 0 Å². The zero-order chi connectivity index (χ0) is 24.7. The van der Waals surface area contributed by atoms with Crippen molar-refractivity contribution in [1.29, 1.82) is 0 Å². The maximum atomic E-state index is 13.2. The normalized spacial score (nSPS) is 16.0. The predicted molar refractivity (Wildman–Crippen MR) is 129 cm³/mol. The Bertz CT molecular complexity index is 1230. The third kappa shape index (κ3) is 6.44. The molecule has 0 aliphatic carbocycles. The Labute approximate surface area is 204 Å². The summed E-state index contributed by atoms with van der Waals surface area (Å²) in [5.41, 5.74) is 1.51. The fourth-order valence-corrected chi connectivity index (χ4v) is 4.75. The van der Waals surface area contributed by atoms with Gasteiger partial charge in [-0.2, -0.15) is 0 Å². The highest BCUT2D eigenvalue weighted by atomic mass is 32.2. The van der Waals surface area contributed by atoms with Crippen molar-refractivity contribution >= 4 is 15.8 Å². The van der Waals surface area contributed by atoms with Gasteiger partial charge in [0.2, 0.25) is 5.82 Å². The fourth-order valence-electron chi connectivity index (χ4n) is 3.56. The predicted octanol–water partition coefficient (Wildman–Crippen LogP) is 3.58. The van der Waals surface area contributed by atoms with Crippen LogP contribution in [0, 0.1) is 6.92 Å². The van der Waals surface area contributed by atoms with Crippen molar-refractivity contribution in [2.45, 2.75) is 37.4 Å². The van der Waals surface area contributed by atoms with Crippen molar-refractivity contribution < 1.29 is 27.4 Å². The number of hydrogen-bond acceptors (Lipinski definition) is 9. The summed E-state index contributed by atoms with van der Waals surface area (Å²) in [5.74, 6) is 0.720. The number of anilines is 1. The summed E-state index contributed by atoms with van der Waals surface area (Å²) in [7, 11) is -2.63. The molecule has 0 spiro atoms. The minimum absolute atomic E-state index is 0.000946. The molecule has 1 aliphatic heterocycles. The lowest BCUT2D eigenvalue weighted by Crippen LogP contribution is -2.24. The number of aromatic nitrogens is 3. The largest absolute Gasteiger partial charge is 0.491 e. The molecule has 0 radical (unpaired) electrons. The molecule has 1 N–H and O–H groups in total. The molecule has 3 aromatic rings. The minimum Gasteiger partial charge on any atom is -0.491 e. The molecule has 3 heterocycles. The number of nitrogens with one attached hydrogen (secondary N) is 1. The van der Waals surface area contributed by atoms with Crippen molar-refractivity contribution in [2.75, 3.05) is 31.7 Å². The van der Waals surface area contributed by atoms with E-state index in [-0.39, 0.29) is 22.9 Å². The van der Waals surface area contributed by atoms with Crippen molar-refractivity contribution in [2.24, 2.45) is 0 Å². The van der Waals surface area contributed by atoms with E-state index in [1.807, 2.05) is 0 Å². The van der Waals surface area contributed by atoms with Gasteiger partial charge in [0.25, 0.3) is 15.9 Å². The average molecular weight is 501 g/mol. The van der Waals surface area contributed by atoms with Crippen molar-refractivity contribution in [3.8, 4) is 22.9 Å². The Morgan fingerprint density at radius 1 is 1.11 bits per heavy atom. The summed E-state index contributed by atoms with van der Waals surface area (Å²) < 4.78 is 51.0. The highest BCUT2D eigenvalue weighted by Gasteiger charge is 2.23. The molecule has 1 aliphatic rings. The van der Waals surface area contributed by atoms with Gasteiger partial charge in [-0.05, 0) is 62.6 Å². The third-order valence-electron chi connectivity index (χ3n) is 5.27. The molecule has 2 aromatic heterocycles. The number of benzene rings is 1. The Balaban J connectivity index is 1.44. The average Bonchev–Trinajstić information content (AvgIpc) is 2.88. The lowest BCUT2D eigenvalue weighted by molar-refractivity contribution is -0.165. The Morgan fingerprint density at radius 2 is 1.94 bits per heavy atom. The van der Waals surface area contributed by atoms with E-state index in [1.165, 1.54) is 25.6 Å². The van der Waals surface area contributed by atoms with Gasteiger partial charge in [-0.3, -0.25) is 9.71 Å². The Hall–Kier alpha value is -3.28. The first-order valence-corrected chi connectivity index (χ1v) is 12.8. The van der Waals surface area contributed by atoms with Gasteiger partial charge in [0.05, 0.1) is 31.3 Å². The highest BCUT2D eigenvalue weighted by Crippen LogP contribution is 2.29. The van der Waals surface area contributed by atoms with Gasteiger partial charge in [0, 0.05) is 18.4 Å².